The summed E-state index contributed by atoms with van der Waals surface area (Å²) in [5.41, 5.74) is 5.93. The van der Waals surface area contributed by atoms with E-state index in [0.29, 0.717) is 12.2 Å². The molecular formula is C13H23NO2. The van der Waals surface area contributed by atoms with Gasteiger partial charge >= 0.3 is 0 Å². The van der Waals surface area contributed by atoms with Crippen LogP contribution in [0.25, 0.3) is 0 Å². The van der Waals surface area contributed by atoms with E-state index in [0.717, 1.165) is 37.5 Å². The van der Waals surface area contributed by atoms with Crippen molar-refractivity contribution in [3.05, 3.63) is 0 Å². The predicted molar refractivity (Wildman–Crippen MR) is 62.1 cm³/mol. The van der Waals surface area contributed by atoms with Gasteiger partial charge in [-0.15, -0.1) is 0 Å². The Morgan fingerprint density at radius 2 is 1.56 bits per heavy atom. The summed E-state index contributed by atoms with van der Waals surface area (Å²) in [4.78, 5) is 0. The van der Waals surface area contributed by atoms with Crippen LogP contribution in [0.5, 0.6) is 0 Å². The van der Waals surface area contributed by atoms with Crippen LogP contribution < -0.4 is 5.73 Å². The molecule has 2 N–H and O–H groups in total. The van der Waals surface area contributed by atoms with E-state index < -0.39 is 0 Å². The molecule has 5 atom stereocenters. The highest BCUT2D eigenvalue weighted by molar-refractivity contribution is 4.89. The molecule has 2 aliphatic heterocycles. The highest BCUT2D eigenvalue weighted by Crippen LogP contribution is 2.42. The third kappa shape index (κ3) is 2.58. The van der Waals surface area contributed by atoms with Crippen LogP contribution in [0.2, 0.25) is 0 Å². The van der Waals surface area contributed by atoms with Crippen molar-refractivity contribution in [3.8, 4) is 0 Å². The second kappa shape index (κ2) is 4.63. The van der Waals surface area contributed by atoms with Gasteiger partial charge in [-0.1, -0.05) is 12.8 Å². The maximum Gasteiger partial charge on any atom is 0.0812 e. The van der Waals surface area contributed by atoms with Crippen molar-refractivity contribution in [3.63, 3.8) is 0 Å². The average molecular weight is 225 g/mol. The Kier molecular flexibility index (Phi) is 3.18. The molecule has 1 saturated carbocycles. The monoisotopic (exact) mass is 225 g/mol. The van der Waals surface area contributed by atoms with Crippen LogP contribution >= 0.6 is 0 Å². The Balaban J connectivity index is 1.61. The van der Waals surface area contributed by atoms with Crippen LogP contribution in [-0.4, -0.2) is 32.0 Å². The fourth-order valence-electron chi connectivity index (χ4n) is 3.47. The van der Waals surface area contributed by atoms with Crippen molar-refractivity contribution < 1.29 is 9.47 Å². The molecule has 3 heteroatoms. The molecule has 3 rings (SSSR count). The molecule has 3 nitrogen and oxygen atoms in total. The molecular weight excluding hydrogens is 202 g/mol. The maximum atomic E-state index is 5.93. The first-order valence-corrected chi connectivity index (χ1v) is 6.80. The van der Waals surface area contributed by atoms with E-state index in [1.54, 1.807) is 0 Å². The lowest BCUT2D eigenvalue weighted by Crippen LogP contribution is -2.34. The van der Waals surface area contributed by atoms with Crippen LogP contribution in [0.1, 0.15) is 32.1 Å². The van der Waals surface area contributed by atoms with Gasteiger partial charge in [-0.2, -0.15) is 0 Å². The molecule has 3 aliphatic rings. The Morgan fingerprint density at radius 1 is 0.938 bits per heavy atom. The molecule has 0 radical (unpaired) electrons. The molecule has 16 heavy (non-hydrogen) atoms. The van der Waals surface area contributed by atoms with Gasteiger partial charge in [-0.05, 0) is 43.6 Å². The summed E-state index contributed by atoms with van der Waals surface area (Å²) in [5.74, 6) is 2.39. The van der Waals surface area contributed by atoms with Gasteiger partial charge in [-0.3, -0.25) is 0 Å². The van der Waals surface area contributed by atoms with Crippen molar-refractivity contribution >= 4 is 0 Å². The third-order valence-electron chi connectivity index (χ3n) is 4.57. The summed E-state index contributed by atoms with van der Waals surface area (Å²) in [6, 6.07) is 0. The van der Waals surface area contributed by atoms with Crippen molar-refractivity contribution in [2.24, 2.45) is 23.5 Å². The van der Waals surface area contributed by atoms with Gasteiger partial charge < -0.3 is 15.2 Å². The normalized spacial score (nSPS) is 46.7. The summed E-state index contributed by atoms with van der Waals surface area (Å²) in [7, 11) is 0. The lowest BCUT2D eigenvalue weighted by molar-refractivity contribution is 0.120. The Labute approximate surface area is 97.7 Å². The highest BCUT2D eigenvalue weighted by Gasteiger charge is 2.39. The van der Waals surface area contributed by atoms with Gasteiger partial charge in [0.2, 0.25) is 0 Å². The molecule has 2 heterocycles. The summed E-state index contributed by atoms with van der Waals surface area (Å²) < 4.78 is 10.8. The Bertz CT molecular complexity index is 238. The molecule has 0 aromatic heterocycles. The minimum absolute atomic E-state index is 0.555. The molecule has 3 fully saturated rings. The van der Waals surface area contributed by atoms with E-state index in [2.05, 4.69) is 0 Å². The average Bonchev–Trinajstić information content (AvgIpc) is 3.14. The number of hydrogen-bond acceptors (Lipinski definition) is 3. The van der Waals surface area contributed by atoms with Crippen LogP contribution in [0, 0.1) is 17.8 Å². The summed E-state index contributed by atoms with van der Waals surface area (Å²) in [5, 5.41) is 0. The second-order valence-electron chi connectivity index (χ2n) is 5.73. The van der Waals surface area contributed by atoms with Gasteiger partial charge in [0.05, 0.1) is 25.4 Å². The van der Waals surface area contributed by atoms with Gasteiger partial charge in [0.1, 0.15) is 0 Å². The molecule has 5 unspecified atom stereocenters. The molecule has 1 aliphatic carbocycles. The lowest BCUT2D eigenvalue weighted by Gasteiger charge is -2.37. The molecule has 92 valence electrons. The van der Waals surface area contributed by atoms with Crippen LogP contribution in [0.15, 0.2) is 0 Å². The number of nitrogens with two attached hydrogens (primary N) is 1. The first-order chi connectivity index (χ1) is 7.86. The largest absolute Gasteiger partial charge is 0.373 e. The SMILES string of the molecule is NCC1CCCC(CC2CO2)C1CC1CO1. The van der Waals surface area contributed by atoms with Gasteiger partial charge in [0, 0.05) is 0 Å². The quantitative estimate of drug-likeness (QED) is 0.722. The smallest absolute Gasteiger partial charge is 0.0812 e. The molecule has 2 saturated heterocycles. The molecule has 0 spiro atoms. The minimum atomic E-state index is 0.555. The van der Waals surface area contributed by atoms with Crippen LogP contribution in [-0.2, 0) is 9.47 Å². The summed E-state index contributed by atoms with van der Waals surface area (Å²) >= 11 is 0. The minimum Gasteiger partial charge on any atom is -0.373 e. The van der Waals surface area contributed by atoms with Crippen LogP contribution in [0.4, 0.5) is 0 Å². The fraction of sp³-hybridized carbons (Fsp3) is 1.00. The molecule has 0 aromatic rings. The van der Waals surface area contributed by atoms with E-state index in [9.17, 15) is 0 Å². The standard InChI is InChI=1S/C13H23NO2/c14-6-10-3-1-2-9(4-11-7-15-11)13(10)5-12-8-16-12/h9-13H,1-8,14H2. The van der Waals surface area contributed by atoms with E-state index in [-0.39, 0.29) is 0 Å². The van der Waals surface area contributed by atoms with E-state index in [4.69, 9.17) is 15.2 Å². The third-order valence-corrected chi connectivity index (χ3v) is 4.57. The van der Waals surface area contributed by atoms with Gasteiger partial charge in [-0.25, -0.2) is 0 Å². The van der Waals surface area contributed by atoms with E-state index in [1.165, 1.54) is 32.1 Å². The Hall–Kier alpha value is -0.120. The predicted octanol–water partition coefficient (Wildman–Crippen LogP) is 1.56. The lowest BCUT2D eigenvalue weighted by atomic mass is 9.68. The Morgan fingerprint density at radius 3 is 2.19 bits per heavy atom. The van der Waals surface area contributed by atoms with Crippen molar-refractivity contribution in [1.29, 1.82) is 0 Å². The highest BCUT2D eigenvalue weighted by atomic mass is 16.6. The second-order valence-corrected chi connectivity index (χ2v) is 5.73. The van der Waals surface area contributed by atoms with Crippen molar-refractivity contribution in [1.82, 2.24) is 0 Å². The van der Waals surface area contributed by atoms with Crippen molar-refractivity contribution in [2.45, 2.75) is 44.3 Å². The number of epoxide rings is 2. The first kappa shape index (κ1) is 11.0. The molecule has 0 amide bonds. The molecule has 0 aromatic carbocycles. The number of rotatable bonds is 5. The van der Waals surface area contributed by atoms with E-state index >= 15 is 0 Å². The topological polar surface area (TPSA) is 51.1 Å². The van der Waals surface area contributed by atoms with E-state index in [1.807, 2.05) is 0 Å². The number of hydrogen-bond donors (Lipinski definition) is 1. The van der Waals surface area contributed by atoms with Gasteiger partial charge in [0.25, 0.3) is 0 Å². The summed E-state index contributed by atoms with van der Waals surface area (Å²) in [6.45, 7) is 2.84. The van der Waals surface area contributed by atoms with Crippen molar-refractivity contribution in [2.75, 3.05) is 19.8 Å². The zero-order valence-electron chi connectivity index (χ0n) is 9.94. The fourth-order valence-corrected chi connectivity index (χ4v) is 3.47. The van der Waals surface area contributed by atoms with Gasteiger partial charge in [0.15, 0.2) is 0 Å². The molecule has 0 bridgehead atoms. The summed E-state index contributed by atoms with van der Waals surface area (Å²) in [6.07, 6.45) is 7.72. The zero-order chi connectivity index (χ0) is 11.0. The zero-order valence-corrected chi connectivity index (χ0v) is 9.94. The first-order valence-electron chi connectivity index (χ1n) is 6.80. The maximum absolute atomic E-state index is 5.93. The number of ether oxygens (including phenoxy) is 2. The van der Waals surface area contributed by atoms with Crippen LogP contribution in [0.3, 0.4) is 0 Å².